The van der Waals surface area contributed by atoms with E-state index < -0.39 is 29.9 Å². The Balaban J connectivity index is 1.01. The molecule has 0 spiro atoms. The van der Waals surface area contributed by atoms with E-state index in [2.05, 4.69) is 19.9 Å². The molecule has 4 fully saturated rings. The van der Waals surface area contributed by atoms with Crippen LogP contribution in [-0.2, 0) is 9.47 Å². The number of fused-ring (bicyclic) bond motifs is 5. The van der Waals surface area contributed by atoms with Crippen LogP contribution in [0.25, 0.3) is 0 Å². The maximum absolute atomic E-state index is 10.5. The van der Waals surface area contributed by atoms with Gasteiger partial charge in [0.25, 0.3) is 0 Å². The molecule has 1 heterocycles. The van der Waals surface area contributed by atoms with E-state index >= 15 is 0 Å². The van der Waals surface area contributed by atoms with E-state index in [1.807, 2.05) is 6.92 Å². The quantitative estimate of drug-likeness (QED) is 0.176. The van der Waals surface area contributed by atoms with E-state index in [-0.39, 0.29) is 12.7 Å². The van der Waals surface area contributed by atoms with Gasteiger partial charge in [0.15, 0.2) is 0 Å². The molecule has 5 aliphatic rings. The third kappa shape index (κ3) is 6.33. The molecule has 8 heteroatoms. The Morgan fingerprint density at radius 3 is 2.51 bits per heavy atom. The molecular formula is C33H56O7S. The van der Waals surface area contributed by atoms with Crippen LogP contribution in [0.5, 0.6) is 0 Å². The summed E-state index contributed by atoms with van der Waals surface area (Å²) in [4.78, 5) is 0. The standard InChI is InChI=1S/C33H56O7S/c1-20(35)24-10-11-25-23-9-8-21-18-22(12-14-32(21,2)26(23)13-15-33(24,25)3)39-16-6-4-5-7-17-41-31-30(38)29(37)28(36)27(19-34)40-31/h8,20,22-31,34-38H,4-7,9-19H2,1-3H3/t20?,22?,23-,24+,25-,26-,27+,28+,29-,30-,31-,32-,33+/m0/s1. The number of aliphatic hydroxyl groups excluding tert-OH is 5. The first-order valence-corrected chi connectivity index (χ1v) is 17.6. The molecule has 0 bridgehead atoms. The van der Waals surface area contributed by atoms with Crippen molar-refractivity contribution in [3.63, 3.8) is 0 Å². The van der Waals surface area contributed by atoms with Gasteiger partial charge in [-0.25, -0.2) is 0 Å². The molecule has 13 atom stereocenters. The summed E-state index contributed by atoms with van der Waals surface area (Å²) in [5.41, 5.74) is 1.67. The molecule has 7 nitrogen and oxygen atoms in total. The lowest BCUT2D eigenvalue weighted by Gasteiger charge is -2.58. The molecule has 5 rings (SSSR count). The maximum Gasteiger partial charge on any atom is 0.132 e. The SMILES string of the molecule is CC(O)[C@H]1CC[C@H]2[C@@H]3CC=C4CC(OCCCCCCS[C@@H]5O[C@H](CO)[C@@H](O)[C@H](O)[C@@H]5O)CC[C@]4(C)[C@H]3CC[C@]12C. The Morgan fingerprint density at radius 1 is 0.976 bits per heavy atom. The van der Waals surface area contributed by atoms with Gasteiger partial charge in [0, 0.05) is 6.61 Å². The van der Waals surface area contributed by atoms with Crippen LogP contribution in [-0.4, -0.2) is 86.6 Å². The highest BCUT2D eigenvalue weighted by Crippen LogP contribution is 2.66. The van der Waals surface area contributed by atoms with Crippen molar-refractivity contribution < 1.29 is 35.0 Å². The summed E-state index contributed by atoms with van der Waals surface area (Å²) in [5, 5.41) is 49.9. The number of rotatable bonds is 11. The zero-order chi connectivity index (χ0) is 29.4. The van der Waals surface area contributed by atoms with Crippen LogP contribution in [0.2, 0.25) is 0 Å². The summed E-state index contributed by atoms with van der Waals surface area (Å²) in [6.07, 6.45) is 12.2. The Morgan fingerprint density at radius 2 is 1.76 bits per heavy atom. The van der Waals surface area contributed by atoms with E-state index in [0.717, 1.165) is 68.6 Å². The van der Waals surface area contributed by atoms with Crippen molar-refractivity contribution in [1.82, 2.24) is 0 Å². The lowest BCUT2D eigenvalue weighted by atomic mass is 9.47. The van der Waals surface area contributed by atoms with Crippen LogP contribution in [0.1, 0.15) is 97.8 Å². The van der Waals surface area contributed by atoms with Gasteiger partial charge in [-0.2, -0.15) is 0 Å². The predicted octanol–water partition coefficient (Wildman–Crippen LogP) is 4.42. The van der Waals surface area contributed by atoms with Crippen molar-refractivity contribution in [1.29, 1.82) is 0 Å². The summed E-state index contributed by atoms with van der Waals surface area (Å²) in [6, 6.07) is 0. The van der Waals surface area contributed by atoms with E-state index in [0.29, 0.717) is 22.9 Å². The number of unbranched alkanes of at least 4 members (excludes halogenated alkanes) is 3. The molecule has 1 aliphatic heterocycles. The maximum atomic E-state index is 10.5. The van der Waals surface area contributed by atoms with Crippen molar-refractivity contribution in [2.75, 3.05) is 19.0 Å². The first kappa shape index (κ1) is 32.2. The fourth-order valence-electron chi connectivity index (χ4n) is 9.82. The minimum absolute atomic E-state index is 0.185. The van der Waals surface area contributed by atoms with Gasteiger partial charge in [-0.1, -0.05) is 38.3 Å². The zero-order valence-corrected chi connectivity index (χ0v) is 26.3. The van der Waals surface area contributed by atoms with Gasteiger partial charge in [0.2, 0.25) is 0 Å². The smallest absolute Gasteiger partial charge is 0.132 e. The predicted molar refractivity (Wildman–Crippen MR) is 161 cm³/mol. The number of hydrogen-bond acceptors (Lipinski definition) is 8. The summed E-state index contributed by atoms with van der Waals surface area (Å²) in [6.45, 7) is 7.48. The van der Waals surface area contributed by atoms with Crippen LogP contribution in [0.4, 0.5) is 0 Å². The van der Waals surface area contributed by atoms with Crippen LogP contribution in [0.3, 0.4) is 0 Å². The number of allylic oxidation sites excluding steroid dienone is 1. The molecule has 0 aromatic carbocycles. The van der Waals surface area contributed by atoms with Gasteiger partial charge in [0.05, 0.1) is 18.8 Å². The van der Waals surface area contributed by atoms with E-state index in [9.17, 15) is 25.5 Å². The number of thioether (sulfide) groups is 1. The van der Waals surface area contributed by atoms with Gasteiger partial charge in [0.1, 0.15) is 29.9 Å². The first-order chi connectivity index (χ1) is 19.6. The third-order valence-corrected chi connectivity index (χ3v) is 13.5. The highest BCUT2D eigenvalue weighted by Gasteiger charge is 2.59. The molecule has 0 aromatic rings. The van der Waals surface area contributed by atoms with Gasteiger partial charge in [-0.05, 0) is 111 Å². The Kier molecular flexibility index (Phi) is 10.6. The van der Waals surface area contributed by atoms with Crippen LogP contribution in [0, 0.1) is 34.5 Å². The molecular weight excluding hydrogens is 540 g/mol. The van der Waals surface area contributed by atoms with E-state index in [4.69, 9.17) is 9.47 Å². The van der Waals surface area contributed by atoms with Crippen molar-refractivity contribution in [2.45, 2.75) is 140 Å². The largest absolute Gasteiger partial charge is 0.394 e. The number of ether oxygens (including phenoxy) is 2. The molecule has 0 aromatic heterocycles. The summed E-state index contributed by atoms with van der Waals surface area (Å²) in [5.74, 6) is 3.59. The molecule has 0 radical (unpaired) electrons. The van der Waals surface area contributed by atoms with Crippen molar-refractivity contribution in [3.05, 3.63) is 11.6 Å². The molecule has 236 valence electrons. The lowest BCUT2D eigenvalue weighted by Crippen LogP contribution is -2.57. The number of hydrogen-bond donors (Lipinski definition) is 5. The van der Waals surface area contributed by atoms with Crippen molar-refractivity contribution in [3.8, 4) is 0 Å². The van der Waals surface area contributed by atoms with Crippen LogP contribution < -0.4 is 0 Å². The van der Waals surface area contributed by atoms with Gasteiger partial charge in [-0.15, -0.1) is 11.8 Å². The zero-order valence-electron chi connectivity index (χ0n) is 25.5. The lowest BCUT2D eigenvalue weighted by molar-refractivity contribution is -0.205. The molecule has 3 saturated carbocycles. The van der Waals surface area contributed by atoms with E-state index in [1.165, 1.54) is 50.3 Å². The first-order valence-electron chi connectivity index (χ1n) is 16.5. The highest BCUT2D eigenvalue weighted by atomic mass is 32.2. The van der Waals surface area contributed by atoms with Crippen molar-refractivity contribution >= 4 is 11.8 Å². The Labute approximate surface area is 251 Å². The summed E-state index contributed by atoms with van der Waals surface area (Å²) < 4.78 is 12.0. The van der Waals surface area contributed by atoms with Gasteiger partial charge in [-0.3, -0.25) is 0 Å². The van der Waals surface area contributed by atoms with Gasteiger partial charge < -0.3 is 35.0 Å². The average molecular weight is 597 g/mol. The molecule has 0 amide bonds. The normalized spacial score (nSPS) is 46.8. The molecule has 5 N–H and O–H groups in total. The molecule has 4 aliphatic carbocycles. The Hall–Kier alpha value is -0.190. The van der Waals surface area contributed by atoms with Gasteiger partial charge >= 0.3 is 0 Å². The van der Waals surface area contributed by atoms with E-state index in [1.54, 1.807) is 5.57 Å². The fourth-order valence-corrected chi connectivity index (χ4v) is 11.0. The molecule has 2 unspecified atom stereocenters. The highest BCUT2D eigenvalue weighted by molar-refractivity contribution is 7.99. The van der Waals surface area contributed by atoms with Crippen LogP contribution >= 0.6 is 11.8 Å². The van der Waals surface area contributed by atoms with Crippen LogP contribution in [0.15, 0.2) is 11.6 Å². The number of aliphatic hydroxyl groups is 5. The topological polar surface area (TPSA) is 120 Å². The minimum atomic E-state index is -1.30. The summed E-state index contributed by atoms with van der Waals surface area (Å²) in [7, 11) is 0. The second kappa shape index (κ2) is 13.4. The second-order valence-electron chi connectivity index (χ2n) is 14.4. The monoisotopic (exact) mass is 596 g/mol. The second-order valence-corrected chi connectivity index (χ2v) is 15.7. The molecule has 41 heavy (non-hydrogen) atoms. The third-order valence-electron chi connectivity index (χ3n) is 12.2. The molecule has 1 saturated heterocycles. The average Bonchev–Trinajstić information content (AvgIpc) is 3.32. The fraction of sp³-hybridized carbons (Fsp3) is 0.939. The van der Waals surface area contributed by atoms with Crippen molar-refractivity contribution in [2.24, 2.45) is 34.5 Å². The Bertz CT molecular complexity index is 897. The minimum Gasteiger partial charge on any atom is -0.394 e. The summed E-state index contributed by atoms with van der Waals surface area (Å²) >= 11 is 1.44.